The van der Waals surface area contributed by atoms with Gasteiger partial charge in [-0.2, -0.15) is 0 Å². The Labute approximate surface area is 126 Å². The van der Waals surface area contributed by atoms with Crippen LogP contribution in [0.5, 0.6) is 0 Å². The SMILES string of the molecule is CC(C)(C)CC(=O)Nc1ccc(NC(=O)CC(C)(C)C)o1. The molecule has 0 aliphatic carbocycles. The Balaban J connectivity index is 2.54. The summed E-state index contributed by atoms with van der Waals surface area (Å²) in [5.41, 5.74) is -0.166. The normalized spacial score (nSPS) is 12.1. The lowest BCUT2D eigenvalue weighted by molar-refractivity contribution is -0.118. The van der Waals surface area contributed by atoms with Crippen LogP contribution in [0.2, 0.25) is 0 Å². The zero-order chi connectivity index (χ0) is 16.3. The fourth-order valence-electron chi connectivity index (χ4n) is 1.80. The zero-order valence-corrected chi connectivity index (χ0v) is 13.8. The van der Waals surface area contributed by atoms with Crippen molar-refractivity contribution in [3.05, 3.63) is 12.1 Å². The smallest absolute Gasteiger partial charge is 0.227 e. The first kappa shape index (κ1) is 17.3. The molecule has 0 saturated carbocycles. The first-order chi connectivity index (χ1) is 9.44. The number of carbonyl (C=O) groups excluding carboxylic acids is 2. The van der Waals surface area contributed by atoms with Gasteiger partial charge in [0.2, 0.25) is 23.6 Å². The summed E-state index contributed by atoms with van der Waals surface area (Å²) < 4.78 is 5.39. The van der Waals surface area contributed by atoms with E-state index >= 15 is 0 Å². The van der Waals surface area contributed by atoms with Crippen LogP contribution in [0, 0.1) is 10.8 Å². The third kappa shape index (κ3) is 7.54. The molecule has 0 unspecified atom stereocenters. The van der Waals surface area contributed by atoms with E-state index in [1.54, 1.807) is 12.1 Å². The van der Waals surface area contributed by atoms with Gasteiger partial charge in [-0.05, 0) is 10.8 Å². The minimum atomic E-state index is -0.107. The molecule has 0 spiro atoms. The van der Waals surface area contributed by atoms with E-state index in [1.165, 1.54) is 0 Å². The molecule has 2 N–H and O–H groups in total. The number of furan rings is 1. The van der Waals surface area contributed by atoms with E-state index in [2.05, 4.69) is 10.6 Å². The molecule has 118 valence electrons. The largest absolute Gasteiger partial charge is 0.425 e. The fraction of sp³-hybridized carbons (Fsp3) is 0.625. The van der Waals surface area contributed by atoms with Crippen LogP contribution in [0.4, 0.5) is 11.8 Å². The minimum absolute atomic E-state index is 0.0829. The molecule has 1 aromatic heterocycles. The summed E-state index contributed by atoms with van der Waals surface area (Å²) in [6.45, 7) is 12.0. The summed E-state index contributed by atoms with van der Waals surface area (Å²) in [6, 6.07) is 3.26. The second kappa shape index (κ2) is 6.33. The van der Waals surface area contributed by atoms with E-state index in [1.807, 2.05) is 41.5 Å². The molecule has 21 heavy (non-hydrogen) atoms. The van der Waals surface area contributed by atoms with Gasteiger partial charge >= 0.3 is 0 Å². The Bertz CT molecular complexity index is 460. The molecule has 0 radical (unpaired) electrons. The Kier molecular flexibility index (Phi) is 5.20. The van der Waals surface area contributed by atoms with Gasteiger partial charge in [0.1, 0.15) is 0 Å². The first-order valence-corrected chi connectivity index (χ1v) is 7.14. The third-order valence-electron chi connectivity index (χ3n) is 2.51. The van der Waals surface area contributed by atoms with Gasteiger partial charge in [-0.15, -0.1) is 0 Å². The van der Waals surface area contributed by atoms with Gasteiger partial charge in [-0.1, -0.05) is 41.5 Å². The van der Waals surface area contributed by atoms with Crippen LogP contribution in [0.15, 0.2) is 16.5 Å². The van der Waals surface area contributed by atoms with E-state index in [-0.39, 0.29) is 22.6 Å². The van der Waals surface area contributed by atoms with Crippen molar-refractivity contribution < 1.29 is 14.0 Å². The molecular formula is C16H26N2O3. The molecule has 5 heteroatoms. The Morgan fingerprint density at radius 1 is 0.857 bits per heavy atom. The van der Waals surface area contributed by atoms with Crippen molar-refractivity contribution in [2.45, 2.75) is 54.4 Å². The maximum Gasteiger partial charge on any atom is 0.227 e. The highest BCUT2D eigenvalue weighted by Gasteiger charge is 2.18. The van der Waals surface area contributed by atoms with Crippen molar-refractivity contribution in [1.29, 1.82) is 0 Å². The number of carbonyl (C=O) groups is 2. The molecule has 1 aromatic rings. The van der Waals surface area contributed by atoms with Crippen LogP contribution in [0.3, 0.4) is 0 Å². The Hall–Kier alpha value is -1.78. The van der Waals surface area contributed by atoms with Gasteiger partial charge in [0.25, 0.3) is 0 Å². The molecule has 0 saturated heterocycles. The predicted molar refractivity (Wildman–Crippen MR) is 84.1 cm³/mol. The first-order valence-electron chi connectivity index (χ1n) is 7.14. The van der Waals surface area contributed by atoms with E-state index in [0.717, 1.165) is 0 Å². The van der Waals surface area contributed by atoms with Crippen LogP contribution >= 0.6 is 0 Å². The van der Waals surface area contributed by atoms with E-state index in [0.29, 0.717) is 24.6 Å². The quantitative estimate of drug-likeness (QED) is 0.880. The molecule has 0 fully saturated rings. The maximum absolute atomic E-state index is 11.8. The monoisotopic (exact) mass is 294 g/mol. The van der Waals surface area contributed by atoms with Gasteiger partial charge in [-0.3, -0.25) is 20.2 Å². The average molecular weight is 294 g/mol. The molecule has 0 atom stereocenters. The van der Waals surface area contributed by atoms with Crippen LogP contribution < -0.4 is 10.6 Å². The molecule has 0 aromatic carbocycles. The highest BCUT2D eigenvalue weighted by Crippen LogP contribution is 2.23. The number of anilines is 2. The third-order valence-corrected chi connectivity index (χ3v) is 2.51. The molecule has 5 nitrogen and oxygen atoms in total. The number of hydrogen-bond donors (Lipinski definition) is 2. The standard InChI is InChI=1S/C16H26N2O3/c1-15(2,3)9-11(19)17-13-7-8-14(21-13)18-12(20)10-16(4,5)6/h7-8H,9-10H2,1-6H3,(H,17,19)(H,18,20). The summed E-state index contributed by atoms with van der Waals surface area (Å²) in [4.78, 5) is 23.6. The molecular weight excluding hydrogens is 268 g/mol. The lowest BCUT2D eigenvalue weighted by atomic mass is 9.92. The summed E-state index contributed by atoms with van der Waals surface area (Å²) >= 11 is 0. The van der Waals surface area contributed by atoms with Gasteiger partial charge in [-0.25, -0.2) is 0 Å². The molecule has 1 heterocycles. The number of rotatable bonds is 4. The van der Waals surface area contributed by atoms with Crippen molar-refractivity contribution in [2.75, 3.05) is 10.6 Å². The van der Waals surface area contributed by atoms with Crippen molar-refractivity contribution in [3.63, 3.8) is 0 Å². The average Bonchev–Trinajstić information content (AvgIpc) is 2.58. The van der Waals surface area contributed by atoms with Crippen LogP contribution in [0.1, 0.15) is 54.4 Å². The zero-order valence-electron chi connectivity index (χ0n) is 13.8. The molecule has 0 aliphatic heterocycles. The molecule has 0 bridgehead atoms. The molecule has 0 aliphatic rings. The van der Waals surface area contributed by atoms with E-state index in [9.17, 15) is 9.59 Å². The van der Waals surface area contributed by atoms with Crippen LogP contribution in [-0.2, 0) is 9.59 Å². The summed E-state index contributed by atoms with van der Waals surface area (Å²) in [5.74, 6) is 0.472. The maximum atomic E-state index is 11.8. The summed E-state index contributed by atoms with van der Waals surface area (Å²) in [6.07, 6.45) is 0.804. The van der Waals surface area contributed by atoms with Crippen LogP contribution in [-0.4, -0.2) is 11.8 Å². The van der Waals surface area contributed by atoms with Gasteiger partial charge in [0.05, 0.1) is 0 Å². The van der Waals surface area contributed by atoms with Gasteiger partial charge in [0.15, 0.2) is 0 Å². The molecule has 1 rings (SSSR count). The topological polar surface area (TPSA) is 71.3 Å². The second-order valence-corrected chi connectivity index (χ2v) is 7.74. The van der Waals surface area contributed by atoms with Crippen molar-refractivity contribution in [3.8, 4) is 0 Å². The Morgan fingerprint density at radius 3 is 1.48 bits per heavy atom. The second-order valence-electron chi connectivity index (χ2n) is 7.74. The van der Waals surface area contributed by atoms with Crippen molar-refractivity contribution in [2.24, 2.45) is 10.8 Å². The van der Waals surface area contributed by atoms with E-state index < -0.39 is 0 Å². The molecule has 2 amide bonds. The van der Waals surface area contributed by atoms with Gasteiger partial charge < -0.3 is 4.42 Å². The highest BCUT2D eigenvalue weighted by molar-refractivity contribution is 5.92. The van der Waals surface area contributed by atoms with E-state index in [4.69, 9.17) is 4.42 Å². The number of hydrogen-bond acceptors (Lipinski definition) is 3. The van der Waals surface area contributed by atoms with Gasteiger partial charge in [0, 0.05) is 25.0 Å². The number of amides is 2. The lowest BCUT2D eigenvalue weighted by Gasteiger charge is -2.16. The predicted octanol–water partition coefficient (Wildman–Crippen LogP) is 4.03. The minimum Gasteiger partial charge on any atom is -0.425 e. The number of nitrogens with one attached hydrogen (secondary N) is 2. The summed E-state index contributed by atoms with van der Waals surface area (Å²) in [5, 5.41) is 5.37. The highest BCUT2D eigenvalue weighted by atomic mass is 16.4. The summed E-state index contributed by atoms with van der Waals surface area (Å²) in [7, 11) is 0. The van der Waals surface area contributed by atoms with Crippen LogP contribution in [0.25, 0.3) is 0 Å². The van der Waals surface area contributed by atoms with Crippen molar-refractivity contribution in [1.82, 2.24) is 0 Å². The lowest BCUT2D eigenvalue weighted by Crippen LogP contribution is -2.19. The Morgan fingerprint density at radius 2 is 1.19 bits per heavy atom. The fourth-order valence-corrected chi connectivity index (χ4v) is 1.80. The van der Waals surface area contributed by atoms with Crippen molar-refractivity contribution >= 4 is 23.6 Å².